The number of nitrogens with one attached hydrogen (secondary N) is 1. The van der Waals surface area contributed by atoms with Crippen LogP contribution in [0.5, 0.6) is 0 Å². The molecule has 0 amide bonds. The molecule has 1 fully saturated rings. The van der Waals surface area contributed by atoms with Gasteiger partial charge in [-0.25, -0.2) is 9.46 Å². The summed E-state index contributed by atoms with van der Waals surface area (Å²) in [6.07, 6.45) is 2.04. The Morgan fingerprint density at radius 2 is 1.94 bits per heavy atom. The Bertz CT molecular complexity index is 1050. The highest BCUT2D eigenvalue weighted by molar-refractivity contribution is 7.57. The molecule has 0 saturated carbocycles. The second kappa shape index (κ2) is 14.3. The minimum absolute atomic E-state index is 0.112. The maximum absolute atomic E-state index is 12.5. The summed E-state index contributed by atoms with van der Waals surface area (Å²) in [4.78, 5) is 26.3. The van der Waals surface area contributed by atoms with Gasteiger partial charge in [0, 0.05) is 57.2 Å². The fourth-order valence-electron chi connectivity index (χ4n) is 3.76. The molecular formula is C22H36N4O8P2. The van der Waals surface area contributed by atoms with E-state index in [-0.39, 0.29) is 25.1 Å². The Morgan fingerprint density at radius 3 is 2.50 bits per heavy atom. The maximum atomic E-state index is 12.5. The Labute approximate surface area is 212 Å². The van der Waals surface area contributed by atoms with Gasteiger partial charge in [-0.05, 0) is 33.8 Å². The van der Waals surface area contributed by atoms with Crippen molar-refractivity contribution in [3.63, 3.8) is 0 Å². The van der Waals surface area contributed by atoms with Crippen LogP contribution in [0.1, 0.15) is 53.2 Å². The van der Waals surface area contributed by atoms with Gasteiger partial charge in [0.05, 0.1) is 31.3 Å². The van der Waals surface area contributed by atoms with Crippen LogP contribution in [0.25, 0.3) is 0 Å². The highest BCUT2D eigenvalue weighted by Crippen LogP contribution is 2.50. The fraction of sp³-hybridized carbons (Fsp3) is 0.682. The van der Waals surface area contributed by atoms with Crippen molar-refractivity contribution in [3.8, 4) is 6.07 Å². The molecule has 36 heavy (non-hydrogen) atoms. The van der Waals surface area contributed by atoms with E-state index in [1.54, 1.807) is 6.08 Å². The van der Waals surface area contributed by atoms with Gasteiger partial charge in [0.1, 0.15) is 6.23 Å². The lowest BCUT2D eigenvalue weighted by Crippen LogP contribution is -2.41. The van der Waals surface area contributed by atoms with Crippen molar-refractivity contribution in [2.45, 2.75) is 77.5 Å². The molecule has 1 aliphatic heterocycles. The van der Waals surface area contributed by atoms with Crippen molar-refractivity contribution < 1.29 is 27.4 Å². The molecule has 1 aromatic rings. The summed E-state index contributed by atoms with van der Waals surface area (Å²) in [7, 11) is -2.42. The van der Waals surface area contributed by atoms with Gasteiger partial charge in [-0.3, -0.25) is 18.9 Å². The molecule has 0 spiro atoms. The topological polar surface area (TPSA) is 145 Å². The zero-order valence-electron chi connectivity index (χ0n) is 21.5. The molecule has 1 aliphatic rings. The van der Waals surface area contributed by atoms with E-state index in [9.17, 15) is 14.2 Å². The third-order valence-corrected chi connectivity index (χ3v) is 9.08. The van der Waals surface area contributed by atoms with E-state index < -0.39 is 45.8 Å². The van der Waals surface area contributed by atoms with Crippen molar-refractivity contribution in [3.05, 3.63) is 45.0 Å². The quantitative estimate of drug-likeness (QED) is 0.286. The molecule has 0 radical (unpaired) electrons. The Hall–Kier alpha value is -1.67. The monoisotopic (exact) mass is 546 g/mol. The van der Waals surface area contributed by atoms with Crippen LogP contribution in [-0.4, -0.2) is 59.3 Å². The summed E-state index contributed by atoms with van der Waals surface area (Å²) in [6.45, 7) is 8.38. The molecule has 2 rings (SSSR count). The van der Waals surface area contributed by atoms with E-state index in [4.69, 9.17) is 28.1 Å². The summed E-state index contributed by atoms with van der Waals surface area (Å²) in [5.41, 5.74) is -1.13. The largest absolute Gasteiger partial charge is 0.353 e. The van der Waals surface area contributed by atoms with Crippen molar-refractivity contribution in [2.24, 2.45) is 0 Å². The smallest absolute Gasteiger partial charge is 0.350 e. The summed E-state index contributed by atoms with van der Waals surface area (Å²) in [6, 6.07) is 3.54. The van der Waals surface area contributed by atoms with Crippen LogP contribution >= 0.6 is 16.1 Å². The average molecular weight is 546 g/mol. The van der Waals surface area contributed by atoms with E-state index in [0.717, 1.165) is 0 Å². The van der Waals surface area contributed by atoms with Crippen LogP contribution in [0.15, 0.2) is 33.7 Å². The molecule has 0 bridgehead atoms. The zero-order chi connectivity index (χ0) is 26.9. The molecular weight excluding hydrogens is 510 g/mol. The molecule has 12 nitrogen and oxygen atoms in total. The number of H-pyrrole nitrogens is 1. The SMILES string of the molecule is COP(=O)(/C=C/C1CC(OP(OCCC#N)N(C(C)C)C(C)C)CC(n2ccc(=O)[nH]c2=O)O1)OC. The molecule has 1 N–H and O–H groups in total. The average Bonchev–Trinajstić information content (AvgIpc) is 2.82. The van der Waals surface area contributed by atoms with E-state index in [1.165, 1.54) is 36.9 Å². The summed E-state index contributed by atoms with van der Waals surface area (Å²) < 4.78 is 44.4. The first kappa shape index (κ1) is 30.6. The summed E-state index contributed by atoms with van der Waals surface area (Å²) in [5.74, 6) is 1.31. The van der Waals surface area contributed by atoms with Crippen LogP contribution < -0.4 is 11.2 Å². The van der Waals surface area contributed by atoms with Gasteiger partial charge in [0.15, 0.2) is 0 Å². The lowest BCUT2D eigenvalue weighted by Gasteiger charge is -2.40. The van der Waals surface area contributed by atoms with E-state index in [0.29, 0.717) is 12.8 Å². The van der Waals surface area contributed by atoms with Crippen LogP contribution in [-0.2, 0) is 27.4 Å². The normalized spacial score (nSPS) is 21.9. The minimum Gasteiger partial charge on any atom is -0.350 e. The Morgan fingerprint density at radius 1 is 1.28 bits per heavy atom. The number of nitrogens with zero attached hydrogens (tertiary/aromatic N) is 3. The van der Waals surface area contributed by atoms with Crippen molar-refractivity contribution >= 4 is 16.1 Å². The van der Waals surface area contributed by atoms with Gasteiger partial charge in [-0.1, -0.05) is 0 Å². The van der Waals surface area contributed by atoms with Crippen LogP contribution in [0.4, 0.5) is 0 Å². The van der Waals surface area contributed by atoms with Crippen LogP contribution in [0, 0.1) is 11.3 Å². The minimum atomic E-state index is -3.44. The van der Waals surface area contributed by atoms with Gasteiger partial charge in [-0.2, -0.15) is 5.26 Å². The number of rotatable bonds is 13. The van der Waals surface area contributed by atoms with Crippen molar-refractivity contribution in [1.82, 2.24) is 14.2 Å². The first-order valence-electron chi connectivity index (χ1n) is 11.7. The highest BCUT2D eigenvalue weighted by atomic mass is 31.2. The van der Waals surface area contributed by atoms with Crippen molar-refractivity contribution in [2.75, 3.05) is 20.8 Å². The van der Waals surface area contributed by atoms with Gasteiger partial charge in [0.2, 0.25) is 0 Å². The predicted molar refractivity (Wildman–Crippen MR) is 135 cm³/mol. The van der Waals surface area contributed by atoms with Gasteiger partial charge in [0.25, 0.3) is 14.1 Å². The molecule has 0 aromatic carbocycles. The number of aromatic nitrogens is 2. The maximum Gasteiger partial charge on any atom is 0.353 e. The van der Waals surface area contributed by atoms with Crippen LogP contribution in [0.3, 0.4) is 0 Å². The van der Waals surface area contributed by atoms with Crippen molar-refractivity contribution in [1.29, 1.82) is 5.26 Å². The second-order valence-corrected chi connectivity index (χ2v) is 12.2. The van der Waals surface area contributed by atoms with E-state index in [1.807, 2.05) is 27.7 Å². The summed E-state index contributed by atoms with van der Waals surface area (Å²) >= 11 is 0. The zero-order valence-corrected chi connectivity index (χ0v) is 23.3. The van der Waals surface area contributed by atoms with E-state index in [2.05, 4.69) is 15.7 Å². The van der Waals surface area contributed by atoms with E-state index >= 15 is 0 Å². The molecule has 4 atom stereocenters. The number of ether oxygens (including phenoxy) is 1. The Balaban J connectivity index is 2.38. The molecule has 1 aromatic heterocycles. The predicted octanol–water partition coefficient (Wildman–Crippen LogP) is 3.87. The van der Waals surface area contributed by atoms with Crippen LogP contribution in [0.2, 0.25) is 0 Å². The molecule has 202 valence electrons. The van der Waals surface area contributed by atoms with Gasteiger partial charge < -0.3 is 22.8 Å². The van der Waals surface area contributed by atoms with Gasteiger partial charge in [-0.15, -0.1) is 0 Å². The van der Waals surface area contributed by atoms with Gasteiger partial charge >= 0.3 is 13.3 Å². The number of hydrogen-bond acceptors (Lipinski definition) is 10. The third kappa shape index (κ3) is 8.72. The first-order valence-corrected chi connectivity index (χ1v) is 14.4. The molecule has 4 unspecified atom stereocenters. The second-order valence-electron chi connectivity index (χ2n) is 8.64. The first-order chi connectivity index (χ1) is 17.0. The number of hydrogen-bond donors (Lipinski definition) is 1. The standard InChI is InChI=1S/C22H36N4O8P2/c1-16(2)26(17(3)4)35(32-12-7-10-23)34-19-14-18(9-13-36(29,30-5)31-6)33-21(15-19)25-11-8-20(27)24-22(25)28/h8-9,11,13,16-19,21H,7,12,14-15H2,1-6H3,(H,24,27,28)/b13-9+. The Kier molecular flexibility index (Phi) is 12.2. The fourth-order valence-corrected chi connectivity index (χ4v) is 6.28. The highest BCUT2D eigenvalue weighted by Gasteiger charge is 2.36. The summed E-state index contributed by atoms with van der Waals surface area (Å²) in [5, 5.41) is 8.96. The molecule has 14 heteroatoms. The molecule has 0 aliphatic carbocycles. The molecule has 1 saturated heterocycles. The number of nitriles is 1. The lowest BCUT2D eigenvalue weighted by atomic mass is 10.0. The third-order valence-electron chi connectivity index (χ3n) is 5.35. The molecule has 2 heterocycles. The number of aromatic amines is 1. The lowest BCUT2D eigenvalue weighted by molar-refractivity contribution is -0.108.